The molecule has 1 aliphatic carbocycles. The molecule has 2 rings (SSSR count). The minimum atomic E-state index is -0.487. The third-order valence-electron chi connectivity index (χ3n) is 3.88. The number of benzene rings is 1. The summed E-state index contributed by atoms with van der Waals surface area (Å²) in [7, 11) is 0. The van der Waals surface area contributed by atoms with Gasteiger partial charge in [0.05, 0.1) is 4.92 Å². The molecular weight excluding hydrogens is 294 g/mol. The van der Waals surface area contributed by atoms with Gasteiger partial charge in [0.1, 0.15) is 0 Å². The molecule has 1 fully saturated rings. The van der Waals surface area contributed by atoms with Gasteiger partial charge in [0.25, 0.3) is 5.69 Å². The molecule has 114 valence electrons. The van der Waals surface area contributed by atoms with Crippen LogP contribution >= 0.6 is 11.6 Å². The number of halogens is 1. The van der Waals surface area contributed by atoms with Gasteiger partial charge in [-0.2, -0.15) is 0 Å². The minimum Gasteiger partial charge on any atom is -0.352 e. The van der Waals surface area contributed by atoms with Gasteiger partial charge in [-0.05, 0) is 30.4 Å². The SMILES string of the molecule is N[C@@H]1CCC[C@H]1CC(=O)NCc1cc([N+](=O)[O-])ccc1Cl. The van der Waals surface area contributed by atoms with Crippen LogP contribution in [-0.2, 0) is 11.3 Å². The third-order valence-corrected chi connectivity index (χ3v) is 4.25. The number of nitro groups is 1. The maximum absolute atomic E-state index is 11.9. The Bertz CT molecular complexity index is 550. The van der Waals surface area contributed by atoms with Crippen molar-refractivity contribution in [1.29, 1.82) is 0 Å². The number of non-ortho nitro benzene ring substituents is 1. The summed E-state index contributed by atoms with van der Waals surface area (Å²) in [6.07, 6.45) is 3.41. The second-order valence-electron chi connectivity index (χ2n) is 5.37. The first-order valence-electron chi connectivity index (χ1n) is 6.92. The molecule has 1 amide bonds. The second-order valence-corrected chi connectivity index (χ2v) is 5.78. The van der Waals surface area contributed by atoms with Crippen LogP contribution in [-0.4, -0.2) is 16.9 Å². The van der Waals surface area contributed by atoms with E-state index in [9.17, 15) is 14.9 Å². The van der Waals surface area contributed by atoms with Crippen LogP contribution < -0.4 is 11.1 Å². The molecule has 1 aromatic carbocycles. The van der Waals surface area contributed by atoms with Crippen molar-refractivity contribution >= 4 is 23.2 Å². The van der Waals surface area contributed by atoms with Crippen molar-refractivity contribution in [3.8, 4) is 0 Å². The predicted molar refractivity (Wildman–Crippen MR) is 79.9 cm³/mol. The second kappa shape index (κ2) is 6.87. The van der Waals surface area contributed by atoms with Gasteiger partial charge in [0.2, 0.25) is 5.91 Å². The zero-order valence-electron chi connectivity index (χ0n) is 11.5. The van der Waals surface area contributed by atoms with Crippen LogP contribution in [0.2, 0.25) is 5.02 Å². The van der Waals surface area contributed by atoms with Crippen LogP contribution in [0.4, 0.5) is 5.69 Å². The number of nitrogens with one attached hydrogen (secondary N) is 1. The van der Waals surface area contributed by atoms with E-state index in [0.29, 0.717) is 17.0 Å². The summed E-state index contributed by atoms with van der Waals surface area (Å²) in [5.41, 5.74) is 6.43. The van der Waals surface area contributed by atoms with E-state index in [4.69, 9.17) is 17.3 Å². The highest BCUT2D eigenvalue weighted by atomic mass is 35.5. The molecule has 7 heteroatoms. The fourth-order valence-corrected chi connectivity index (χ4v) is 2.82. The van der Waals surface area contributed by atoms with Gasteiger partial charge in [-0.3, -0.25) is 14.9 Å². The molecule has 1 aliphatic rings. The number of nitrogens with zero attached hydrogens (tertiary/aromatic N) is 1. The molecular formula is C14H18ClN3O3. The van der Waals surface area contributed by atoms with E-state index in [1.807, 2.05) is 0 Å². The van der Waals surface area contributed by atoms with Crippen LogP contribution in [0.25, 0.3) is 0 Å². The molecule has 3 N–H and O–H groups in total. The summed E-state index contributed by atoms with van der Waals surface area (Å²) in [5.74, 6) is 0.130. The van der Waals surface area contributed by atoms with Gasteiger partial charge in [-0.15, -0.1) is 0 Å². The Balaban J connectivity index is 1.91. The number of nitrogens with two attached hydrogens (primary N) is 1. The van der Waals surface area contributed by atoms with Crippen LogP contribution in [0.3, 0.4) is 0 Å². The lowest BCUT2D eigenvalue weighted by Gasteiger charge is -2.15. The van der Waals surface area contributed by atoms with Crippen LogP contribution in [0.5, 0.6) is 0 Å². The van der Waals surface area contributed by atoms with E-state index in [-0.39, 0.29) is 30.1 Å². The van der Waals surface area contributed by atoms with E-state index < -0.39 is 4.92 Å². The van der Waals surface area contributed by atoms with Crippen molar-refractivity contribution in [3.05, 3.63) is 38.9 Å². The van der Waals surface area contributed by atoms with Gasteiger partial charge in [-0.25, -0.2) is 0 Å². The lowest BCUT2D eigenvalue weighted by molar-refractivity contribution is -0.384. The first-order valence-corrected chi connectivity index (χ1v) is 7.30. The summed E-state index contributed by atoms with van der Waals surface area (Å²) in [4.78, 5) is 22.1. The van der Waals surface area contributed by atoms with Gasteiger partial charge in [-0.1, -0.05) is 18.0 Å². The number of hydrogen-bond donors (Lipinski definition) is 2. The summed E-state index contributed by atoms with van der Waals surface area (Å²) in [6.45, 7) is 0.182. The fraction of sp³-hybridized carbons (Fsp3) is 0.500. The molecule has 0 heterocycles. The summed E-state index contributed by atoms with van der Waals surface area (Å²) >= 11 is 5.98. The monoisotopic (exact) mass is 311 g/mol. The average Bonchev–Trinajstić information content (AvgIpc) is 2.83. The Hall–Kier alpha value is -1.66. The van der Waals surface area contributed by atoms with Crippen molar-refractivity contribution in [2.75, 3.05) is 0 Å². The average molecular weight is 312 g/mol. The van der Waals surface area contributed by atoms with Crippen molar-refractivity contribution in [2.45, 2.75) is 38.3 Å². The Labute approximate surface area is 127 Å². The molecule has 0 aromatic heterocycles. The number of rotatable bonds is 5. The van der Waals surface area contributed by atoms with Gasteiger partial charge in [0, 0.05) is 36.2 Å². The number of hydrogen-bond acceptors (Lipinski definition) is 4. The normalized spacial score (nSPS) is 21.2. The standard InChI is InChI=1S/C14H18ClN3O3/c15-12-5-4-11(18(20)21)6-10(12)8-17-14(19)7-9-2-1-3-13(9)16/h4-6,9,13H,1-3,7-8,16H2,(H,17,19)/t9-,13+/m0/s1. The molecule has 0 unspecified atom stereocenters. The quantitative estimate of drug-likeness (QED) is 0.644. The molecule has 0 radical (unpaired) electrons. The first kappa shape index (κ1) is 15.7. The Morgan fingerprint density at radius 1 is 1.48 bits per heavy atom. The highest BCUT2D eigenvalue weighted by molar-refractivity contribution is 6.31. The lowest BCUT2D eigenvalue weighted by atomic mass is 10.00. The first-order chi connectivity index (χ1) is 9.97. The van der Waals surface area contributed by atoms with Gasteiger partial charge >= 0.3 is 0 Å². The molecule has 0 bridgehead atoms. The summed E-state index contributed by atoms with van der Waals surface area (Å²) < 4.78 is 0. The van der Waals surface area contributed by atoms with E-state index in [1.165, 1.54) is 18.2 Å². The third kappa shape index (κ3) is 4.15. The molecule has 0 aliphatic heterocycles. The fourth-order valence-electron chi connectivity index (χ4n) is 2.63. The Morgan fingerprint density at radius 2 is 2.24 bits per heavy atom. The van der Waals surface area contributed by atoms with Crippen LogP contribution in [0, 0.1) is 16.0 Å². The smallest absolute Gasteiger partial charge is 0.269 e. The van der Waals surface area contributed by atoms with E-state index >= 15 is 0 Å². The van der Waals surface area contributed by atoms with Crippen LogP contribution in [0.15, 0.2) is 18.2 Å². The lowest BCUT2D eigenvalue weighted by Crippen LogP contribution is -2.31. The van der Waals surface area contributed by atoms with E-state index in [1.54, 1.807) is 0 Å². The van der Waals surface area contributed by atoms with Gasteiger partial charge < -0.3 is 11.1 Å². The highest BCUT2D eigenvalue weighted by Gasteiger charge is 2.25. The van der Waals surface area contributed by atoms with E-state index in [2.05, 4.69) is 5.32 Å². The largest absolute Gasteiger partial charge is 0.352 e. The Kier molecular flexibility index (Phi) is 5.14. The molecule has 21 heavy (non-hydrogen) atoms. The molecule has 1 saturated carbocycles. The van der Waals surface area contributed by atoms with Crippen molar-refractivity contribution in [3.63, 3.8) is 0 Å². The summed E-state index contributed by atoms with van der Waals surface area (Å²) in [6, 6.07) is 4.28. The van der Waals surface area contributed by atoms with Crippen LogP contribution in [0.1, 0.15) is 31.2 Å². The molecule has 6 nitrogen and oxygen atoms in total. The molecule has 1 aromatic rings. The molecule has 0 saturated heterocycles. The topological polar surface area (TPSA) is 98.3 Å². The van der Waals surface area contributed by atoms with E-state index in [0.717, 1.165) is 19.3 Å². The van der Waals surface area contributed by atoms with Crippen molar-refractivity contribution < 1.29 is 9.72 Å². The minimum absolute atomic E-state index is 0.0403. The zero-order chi connectivity index (χ0) is 15.4. The number of nitro benzene ring substituents is 1. The molecule has 2 atom stereocenters. The number of carbonyl (C=O) groups is 1. The maximum atomic E-state index is 11.9. The number of amides is 1. The van der Waals surface area contributed by atoms with Crippen molar-refractivity contribution in [2.24, 2.45) is 11.7 Å². The van der Waals surface area contributed by atoms with Gasteiger partial charge in [0.15, 0.2) is 0 Å². The predicted octanol–water partition coefficient (Wildman–Crippen LogP) is 2.38. The maximum Gasteiger partial charge on any atom is 0.269 e. The molecule has 0 spiro atoms. The Morgan fingerprint density at radius 3 is 2.86 bits per heavy atom. The van der Waals surface area contributed by atoms with Crippen molar-refractivity contribution in [1.82, 2.24) is 5.32 Å². The summed E-state index contributed by atoms with van der Waals surface area (Å²) in [5, 5.41) is 13.9. The zero-order valence-corrected chi connectivity index (χ0v) is 12.3. The number of carbonyl (C=O) groups excluding carboxylic acids is 1. The highest BCUT2D eigenvalue weighted by Crippen LogP contribution is 2.27.